The van der Waals surface area contributed by atoms with Crippen LogP contribution >= 0.6 is 27.3 Å². The molecule has 0 atom stereocenters. The molecule has 0 bridgehead atoms. The summed E-state index contributed by atoms with van der Waals surface area (Å²) in [6.07, 6.45) is 0.997. The third-order valence-electron chi connectivity index (χ3n) is 2.39. The van der Waals surface area contributed by atoms with Crippen molar-refractivity contribution in [2.24, 2.45) is 0 Å². The Kier molecular flexibility index (Phi) is 3.21. The van der Waals surface area contributed by atoms with E-state index in [0.29, 0.717) is 25.9 Å². The Hall–Kier alpha value is -0.680. The smallest absolute Gasteiger partial charge is 0.263 e. The van der Waals surface area contributed by atoms with Gasteiger partial charge >= 0.3 is 0 Å². The van der Waals surface area contributed by atoms with E-state index in [0.717, 1.165) is 9.35 Å². The van der Waals surface area contributed by atoms with Crippen LogP contribution in [-0.2, 0) is 4.79 Å². The van der Waals surface area contributed by atoms with E-state index in [4.69, 9.17) is 0 Å². The Morgan fingerprint density at radius 3 is 2.60 bits per heavy atom. The lowest BCUT2D eigenvalue weighted by molar-refractivity contribution is -0.120. The van der Waals surface area contributed by atoms with Crippen molar-refractivity contribution in [3.63, 3.8) is 0 Å². The Morgan fingerprint density at radius 2 is 2.07 bits per heavy atom. The van der Waals surface area contributed by atoms with Crippen molar-refractivity contribution >= 4 is 39.0 Å². The third kappa shape index (κ3) is 2.46. The molecule has 1 aromatic heterocycles. The number of carbonyl (C=O) groups excluding carboxylic acids is 2. The molecule has 3 nitrogen and oxygen atoms in total. The summed E-state index contributed by atoms with van der Waals surface area (Å²) in [5.41, 5.74) is 0. The number of Topliss-reactive ketones (excluding diaryl/α,β-unsaturated/α-hetero) is 1. The zero-order valence-corrected chi connectivity index (χ0v) is 10.4. The van der Waals surface area contributed by atoms with E-state index >= 15 is 0 Å². The molecule has 0 radical (unpaired) electrons. The third-order valence-corrected chi connectivity index (χ3v) is 4.07. The van der Waals surface area contributed by atoms with Gasteiger partial charge in [0, 0.05) is 35.8 Å². The van der Waals surface area contributed by atoms with Crippen LogP contribution in [0.15, 0.2) is 15.9 Å². The minimum atomic E-state index is 0.0400. The summed E-state index contributed by atoms with van der Waals surface area (Å²) in [5, 5.41) is 1.89. The number of carbonyl (C=O) groups is 2. The number of likely N-dealkylation sites (tertiary alicyclic amines) is 1. The molecule has 1 saturated heterocycles. The monoisotopic (exact) mass is 287 g/mol. The number of hydrogen-bond donors (Lipinski definition) is 0. The summed E-state index contributed by atoms with van der Waals surface area (Å²) in [6.45, 7) is 1.13. The fraction of sp³-hybridized carbons (Fsp3) is 0.400. The molecule has 0 unspecified atom stereocenters. The van der Waals surface area contributed by atoms with Crippen molar-refractivity contribution in [2.75, 3.05) is 13.1 Å². The van der Waals surface area contributed by atoms with Gasteiger partial charge in [-0.05, 0) is 22.0 Å². The van der Waals surface area contributed by atoms with Gasteiger partial charge in [-0.1, -0.05) is 0 Å². The molecule has 1 aliphatic rings. The van der Waals surface area contributed by atoms with Crippen molar-refractivity contribution in [1.82, 2.24) is 4.90 Å². The summed E-state index contributed by atoms with van der Waals surface area (Å²) in [7, 11) is 0. The molecule has 0 N–H and O–H groups in total. The molecule has 2 rings (SSSR count). The fourth-order valence-electron chi connectivity index (χ4n) is 1.54. The highest BCUT2D eigenvalue weighted by Crippen LogP contribution is 2.22. The highest BCUT2D eigenvalue weighted by atomic mass is 79.9. The largest absolute Gasteiger partial charge is 0.337 e. The van der Waals surface area contributed by atoms with E-state index in [-0.39, 0.29) is 11.7 Å². The highest BCUT2D eigenvalue weighted by molar-refractivity contribution is 9.10. The van der Waals surface area contributed by atoms with Crippen LogP contribution in [0.4, 0.5) is 0 Å². The van der Waals surface area contributed by atoms with E-state index in [1.165, 1.54) is 11.3 Å². The molecule has 1 aliphatic heterocycles. The molecule has 1 aromatic rings. The maximum absolute atomic E-state index is 11.9. The minimum absolute atomic E-state index is 0.0400. The van der Waals surface area contributed by atoms with Gasteiger partial charge in [-0.25, -0.2) is 0 Å². The van der Waals surface area contributed by atoms with Gasteiger partial charge in [0.1, 0.15) is 5.78 Å². The number of piperidine rings is 1. The van der Waals surface area contributed by atoms with Crippen LogP contribution < -0.4 is 0 Å². The van der Waals surface area contributed by atoms with Crippen LogP contribution in [0.1, 0.15) is 22.5 Å². The summed E-state index contributed by atoms with van der Waals surface area (Å²) in [6, 6.07) is 1.82. The molecule has 80 valence electrons. The molecule has 5 heteroatoms. The van der Waals surface area contributed by atoms with Gasteiger partial charge in [-0.3, -0.25) is 9.59 Å². The van der Waals surface area contributed by atoms with Crippen LogP contribution in [0.5, 0.6) is 0 Å². The van der Waals surface area contributed by atoms with Crippen molar-refractivity contribution in [3.8, 4) is 0 Å². The molecule has 1 amide bonds. The van der Waals surface area contributed by atoms with Gasteiger partial charge in [0.05, 0.1) is 4.88 Å². The number of ketones is 1. The van der Waals surface area contributed by atoms with Crippen LogP contribution in [0.2, 0.25) is 0 Å². The fourth-order valence-corrected chi connectivity index (χ4v) is 2.93. The average molecular weight is 288 g/mol. The topological polar surface area (TPSA) is 37.4 Å². The number of nitrogens with zero attached hydrogens (tertiary/aromatic N) is 1. The van der Waals surface area contributed by atoms with Crippen LogP contribution in [0.3, 0.4) is 0 Å². The second-order valence-electron chi connectivity index (χ2n) is 3.46. The zero-order valence-electron chi connectivity index (χ0n) is 8.03. The van der Waals surface area contributed by atoms with Crippen molar-refractivity contribution in [2.45, 2.75) is 12.8 Å². The molecule has 15 heavy (non-hydrogen) atoms. The first-order valence-electron chi connectivity index (χ1n) is 4.72. The lowest BCUT2D eigenvalue weighted by Crippen LogP contribution is -2.38. The Bertz CT molecular complexity index is 392. The zero-order chi connectivity index (χ0) is 10.8. The Balaban J connectivity index is 2.05. The summed E-state index contributed by atoms with van der Waals surface area (Å²) >= 11 is 4.75. The van der Waals surface area contributed by atoms with Crippen LogP contribution in [0, 0.1) is 0 Å². The minimum Gasteiger partial charge on any atom is -0.337 e. The maximum Gasteiger partial charge on any atom is 0.263 e. The Morgan fingerprint density at radius 1 is 1.40 bits per heavy atom. The second kappa shape index (κ2) is 4.45. The molecule has 1 fully saturated rings. The molecule has 0 aliphatic carbocycles. The average Bonchev–Trinajstić information content (AvgIpc) is 2.65. The van der Waals surface area contributed by atoms with Crippen molar-refractivity contribution < 1.29 is 9.59 Å². The summed E-state index contributed by atoms with van der Waals surface area (Å²) in [5.74, 6) is 0.296. The molecule has 2 heterocycles. The molecule has 0 aromatic carbocycles. The first kappa shape index (κ1) is 10.8. The highest BCUT2D eigenvalue weighted by Gasteiger charge is 2.22. The summed E-state index contributed by atoms with van der Waals surface area (Å²) in [4.78, 5) is 25.4. The van der Waals surface area contributed by atoms with Gasteiger partial charge in [-0.15, -0.1) is 11.3 Å². The first-order chi connectivity index (χ1) is 7.16. The van der Waals surface area contributed by atoms with E-state index < -0.39 is 0 Å². The number of amides is 1. The lowest BCUT2D eigenvalue weighted by atomic mass is 10.1. The predicted octanol–water partition coefficient (Wildman–Crippen LogP) is 2.32. The van der Waals surface area contributed by atoms with E-state index in [1.54, 1.807) is 4.90 Å². The van der Waals surface area contributed by atoms with Crippen molar-refractivity contribution in [3.05, 3.63) is 20.8 Å². The quantitative estimate of drug-likeness (QED) is 0.795. The van der Waals surface area contributed by atoms with E-state index in [2.05, 4.69) is 15.9 Å². The SMILES string of the molecule is O=C1CCN(C(=O)c2cc(Br)cs2)CC1. The predicted molar refractivity (Wildman–Crippen MR) is 62.2 cm³/mol. The van der Waals surface area contributed by atoms with Gasteiger partial charge in [0.2, 0.25) is 0 Å². The second-order valence-corrected chi connectivity index (χ2v) is 5.29. The lowest BCUT2D eigenvalue weighted by Gasteiger charge is -2.25. The van der Waals surface area contributed by atoms with E-state index in [1.807, 2.05) is 11.4 Å². The molecular weight excluding hydrogens is 278 g/mol. The summed E-state index contributed by atoms with van der Waals surface area (Å²) < 4.78 is 0.934. The molecular formula is C10H10BrNO2S. The maximum atomic E-state index is 11.9. The normalized spacial score (nSPS) is 16.9. The van der Waals surface area contributed by atoms with Crippen LogP contribution in [0.25, 0.3) is 0 Å². The number of hydrogen-bond acceptors (Lipinski definition) is 3. The van der Waals surface area contributed by atoms with Gasteiger partial charge < -0.3 is 4.90 Å². The standard InChI is InChI=1S/C10H10BrNO2S/c11-7-5-9(15-6-7)10(14)12-3-1-8(13)2-4-12/h5-6H,1-4H2. The van der Waals surface area contributed by atoms with Gasteiger partial charge in [0.15, 0.2) is 0 Å². The number of halogens is 1. The number of rotatable bonds is 1. The first-order valence-corrected chi connectivity index (χ1v) is 6.39. The van der Waals surface area contributed by atoms with E-state index in [9.17, 15) is 9.59 Å². The Labute approximate surface area is 100 Å². The number of thiophene rings is 1. The molecule has 0 spiro atoms. The van der Waals surface area contributed by atoms with Crippen LogP contribution in [-0.4, -0.2) is 29.7 Å². The van der Waals surface area contributed by atoms with Crippen molar-refractivity contribution in [1.29, 1.82) is 0 Å². The van der Waals surface area contributed by atoms with Gasteiger partial charge in [-0.2, -0.15) is 0 Å². The molecule has 0 saturated carbocycles. The van der Waals surface area contributed by atoms with Gasteiger partial charge in [0.25, 0.3) is 5.91 Å².